The summed E-state index contributed by atoms with van der Waals surface area (Å²) in [5, 5.41) is 2.42. The number of hydrogen-bond acceptors (Lipinski definition) is 5. The Morgan fingerprint density at radius 2 is 1.92 bits per heavy atom. The van der Waals surface area contributed by atoms with E-state index < -0.39 is 10.0 Å². The number of nitrogens with zero attached hydrogens (tertiary/aromatic N) is 1. The first kappa shape index (κ1) is 19.9. The van der Waals surface area contributed by atoms with Crippen LogP contribution in [0.5, 0.6) is 5.75 Å². The van der Waals surface area contributed by atoms with Crippen molar-refractivity contribution in [3.05, 3.63) is 23.8 Å². The Bertz CT molecular complexity index is 701. The van der Waals surface area contributed by atoms with Crippen LogP contribution in [0.3, 0.4) is 0 Å². The summed E-state index contributed by atoms with van der Waals surface area (Å²) >= 11 is 0. The first-order valence-corrected chi connectivity index (χ1v) is 8.79. The Morgan fingerprint density at radius 1 is 1.25 bits per heavy atom. The van der Waals surface area contributed by atoms with Crippen LogP contribution in [0.15, 0.2) is 23.1 Å². The van der Waals surface area contributed by atoms with Gasteiger partial charge in [-0.15, -0.1) is 0 Å². The standard InChI is InChI=1S/C15H23N3O5S/c1-11-9-12(24(21,22)17-8-7-14(19)16-2)5-6-13(11)23-10-15(20)18(3)4/h5-6,9,17H,7-8,10H2,1-4H3,(H,16,19). The summed E-state index contributed by atoms with van der Waals surface area (Å²) in [4.78, 5) is 24.1. The molecule has 9 heteroatoms. The lowest BCUT2D eigenvalue weighted by molar-refractivity contribution is -0.130. The van der Waals surface area contributed by atoms with Gasteiger partial charge in [0.05, 0.1) is 4.90 Å². The Hall–Kier alpha value is -2.13. The molecule has 0 radical (unpaired) electrons. The minimum atomic E-state index is -3.71. The van der Waals surface area contributed by atoms with E-state index in [1.54, 1.807) is 21.0 Å². The molecule has 0 atom stereocenters. The number of hydrogen-bond donors (Lipinski definition) is 2. The molecule has 0 aliphatic rings. The van der Waals surface area contributed by atoms with Gasteiger partial charge in [-0.05, 0) is 30.7 Å². The first-order valence-electron chi connectivity index (χ1n) is 7.31. The van der Waals surface area contributed by atoms with Crippen molar-refractivity contribution >= 4 is 21.8 Å². The summed E-state index contributed by atoms with van der Waals surface area (Å²) in [5.74, 6) is -0.000311. The average Bonchev–Trinajstić information content (AvgIpc) is 2.52. The van der Waals surface area contributed by atoms with Crippen LogP contribution in [0.2, 0.25) is 0 Å². The molecule has 2 amide bonds. The highest BCUT2D eigenvalue weighted by Gasteiger charge is 2.16. The molecule has 0 spiro atoms. The zero-order chi connectivity index (χ0) is 18.3. The predicted molar refractivity (Wildman–Crippen MR) is 89.2 cm³/mol. The first-order chi connectivity index (χ1) is 11.2. The summed E-state index contributed by atoms with van der Waals surface area (Å²) in [6.45, 7) is 1.58. The third-order valence-electron chi connectivity index (χ3n) is 3.23. The largest absolute Gasteiger partial charge is 0.483 e. The molecule has 8 nitrogen and oxygen atoms in total. The lowest BCUT2D eigenvalue weighted by atomic mass is 10.2. The van der Waals surface area contributed by atoms with Crippen LogP contribution in [0.25, 0.3) is 0 Å². The summed E-state index contributed by atoms with van der Waals surface area (Å²) in [6.07, 6.45) is 0.0581. The van der Waals surface area contributed by atoms with Gasteiger partial charge in [0, 0.05) is 34.1 Å². The van der Waals surface area contributed by atoms with Gasteiger partial charge in [-0.1, -0.05) is 0 Å². The molecule has 1 rings (SSSR count). The molecule has 0 aliphatic carbocycles. The fraction of sp³-hybridized carbons (Fsp3) is 0.467. The number of aryl methyl sites for hydroxylation is 1. The summed E-state index contributed by atoms with van der Waals surface area (Å²) in [6, 6.07) is 4.36. The molecule has 0 bridgehead atoms. The van der Waals surface area contributed by atoms with E-state index in [0.717, 1.165) is 0 Å². The van der Waals surface area contributed by atoms with Crippen molar-refractivity contribution in [1.29, 1.82) is 0 Å². The van der Waals surface area contributed by atoms with Crippen LogP contribution < -0.4 is 14.8 Å². The highest BCUT2D eigenvalue weighted by atomic mass is 32.2. The lowest BCUT2D eigenvalue weighted by Crippen LogP contribution is -2.29. The van der Waals surface area contributed by atoms with E-state index in [9.17, 15) is 18.0 Å². The molecular weight excluding hydrogens is 334 g/mol. The third-order valence-corrected chi connectivity index (χ3v) is 4.69. The minimum Gasteiger partial charge on any atom is -0.483 e. The van der Waals surface area contributed by atoms with Crippen molar-refractivity contribution in [2.24, 2.45) is 0 Å². The highest BCUT2D eigenvalue weighted by Crippen LogP contribution is 2.21. The van der Waals surface area contributed by atoms with Gasteiger partial charge in [0.15, 0.2) is 6.61 Å². The lowest BCUT2D eigenvalue weighted by Gasteiger charge is -2.14. The van der Waals surface area contributed by atoms with Crippen molar-refractivity contribution in [3.63, 3.8) is 0 Å². The molecule has 134 valence electrons. The van der Waals surface area contributed by atoms with Crippen LogP contribution >= 0.6 is 0 Å². The molecular formula is C15H23N3O5S. The van der Waals surface area contributed by atoms with Gasteiger partial charge >= 0.3 is 0 Å². The molecule has 0 aromatic heterocycles. The second kappa shape index (κ2) is 8.65. The van der Waals surface area contributed by atoms with Gasteiger partial charge in [0.1, 0.15) is 5.75 Å². The average molecular weight is 357 g/mol. The van der Waals surface area contributed by atoms with E-state index in [1.807, 2.05) is 0 Å². The summed E-state index contributed by atoms with van der Waals surface area (Å²) < 4.78 is 32.1. The number of nitrogens with one attached hydrogen (secondary N) is 2. The summed E-state index contributed by atoms with van der Waals surface area (Å²) in [5.41, 5.74) is 0.593. The zero-order valence-corrected chi connectivity index (χ0v) is 15.1. The minimum absolute atomic E-state index is 0.0106. The number of benzene rings is 1. The summed E-state index contributed by atoms with van der Waals surface area (Å²) in [7, 11) is 1.02. The predicted octanol–water partition coefficient (Wildman–Crippen LogP) is -0.124. The van der Waals surface area contributed by atoms with Crippen LogP contribution in [-0.4, -0.2) is 59.4 Å². The highest BCUT2D eigenvalue weighted by molar-refractivity contribution is 7.89. The molecule has 0 saturated heterocycles. The van der Waals surface area contributed by atoms with E-state index in [0.29, 0.717) is 11.3 Å². The maximum absolute atomic E-state index is 12.2. The van der Waals surface area contributed by atoms with Crippen LogP contribution in [0.1, 0.15) is 12.0 Å². The van der Waals surface area contributed by atoms with Gasteiger partial charge in [-0.2, -0.15) is 0 Å². The Kier molecular flexibility index (Phi) is 7.18. The molecule has 1 aromatic carbocycles. The van der Waals surface area contributed by atoms with Crippen LogP contribution in [0.4, 0.5) is 0 Å². The van der Waals surface area contributed by atoms with E-state index in [2.05, 4.69) is 10.0 Å². The van der Waals surface area contributed by atoms with E-state index in [4.69, 9.17) is 4.74 Å². The van der Waals surface area contributed by atoms with E-state index >= 15 is 0 Å². The van der Waals surface area contributed by atoms with Gasteiger partial charge in [-0.25, -0.2) is 13.1 Å². The number of sulfonamides is 1. The van der Waals surface area contributed by atoms with Gasteiger partial charge < -0.3 is 15.0 Å². The fourth-order valence-electron chi connectivity index (χ4n) is 1.73. The number of carbonyl (C=O) groups is 2. The molecule has 0 heterocycles. The molecule has 2 N–H and O–H groups in total. The Morgan fingerprint density at radius 3 is 2.46 bits per heavy atom. The number of carbonyl (C=O) groups excluding carboxylic acids is 2. The van der Waals surface area contributed by atoms with Crippen molar-refractivity contribution in [3.8, 4) is 5.75 Å². The normalized spacial score (nSPS) is 11.0. The van der Waals surface area contributed by atoms with Gasteiger partial charge in [0.25, 0.3) is 5.91 Å². The Balaban J connectivity index is 2.75. The SMILES string of the molecule is CNC(=O)CCNS(=O)(=O)c1ccc(OCC(=O)N(C)C)c(C)c1. The van der Waals surface area contributed by atoms with E-state index in [-0.39, 0.29) is 36.3 Å². The van der Waals surface area contributed by atoms with E-state index in [1.165, 1.54) is 30.1 Å². The van der Waals surface area contributed by atoms with Crippen LogP contribution in [-0.2, 0) is 19.6 Å². The van der Waals surface area contributed by atoms with Crippen molar-refractivity contribution in [1.82, 2.24) is 14.9 Å². The monoisotopic (exact) mass is 357 g/mol. The molecule has 24 heavy (non-hydrogen) atoms. The molecule has 0 saturated carbocycles. The van der Waals surface area contributed by atoms with Crippen LogP contribution in [0, 0.1) is 6.92 Å². The van der Waals surface area contributed by atoms with Crippen molar-refractivity contribution in [2.75, 3.05) is 34.3 Å². The zero-order valence-electron chi connectivity index (χ0n) is 14.3. The quantitative estimate of drug-likeness (QED) is 0.675. The molecule has 1 aromatic rings. The topological polar surface area (TPSA) is 105 Å². The number of amides is 2. The maximum Gasteiger partial charge on any atom is 0.259 e. The van der Waals surface area contributed by atoms with Gasteiger partial charge in [0.2, 0.25) is 15.9 Å². The van der Waals surface area contributed by atoms with Gasteiger partial charge in [-0.3, -0.25) is 9.59 Å². The van der Waals surface area contributed by atoms with Crippen molar-refractivity contribution < 1.29 is 22.7 Å². The number of ether oxygens (including phenoxy) is 1. The molecule has 0 aliphatic heterocycles. The maximum atomic E-state index is 12.2. The smallest absolute Gasteiger partial charge is 0.259 e. The molecule has 0 unspecified atom stereocenters. The number of likely N-dealkylation sites (N-methyl/N-ethyl adjacent to an activating group) is 1. The molecule has 0 fully saturated rings. The Labute approximate surface area is 142 Å². The fourth-order valence-corrected chi connectivity index (χ4v) is 2.84. The second-order valence-electron chi connectivity index (χ2n) is 5.33. The second-order valence-corrected chi connectivity index (χ2v) is 7.09. The third kappa shape index (κ3) is 5.82. The number of rotatable bonds is 8. The van der Waals surface area contributed by atoms with Crippen molar-refractivity contribution in [2.45, 2.75) is 18.2 Å².